The molecule has 0 amide bonds. The SMILES string of the molecule is C=C1C[C@@H](c2ccccc2OCc2ccc(C(=O)OC)cc2)O[C@@H](C)C1. The largest absolute Gasteiger partial charge is 0.489 e. The molecule has 1 aliphatic rings. The first-order valence-electron chi connectivity index (χ1n) is 8.78. The first-order valence-corrected chi connectivity index (χ1v) is 8.78. The van der Waals surface area contributed by atoms with Gasteiger partial charge in [0.25, 0.3) is 0 Å². The van der Waals surface area contributed by atoms with Crippen molar-refractivity contribution in [2.24, 2.45) is 0 Å². The Morgan fingerprint density at radius 1 is 1.15 bits per heavy atom. The van der Waals surface area contributed by atoms with Crippen LogP contribution < -0.4 is 4.74 Å². The molecule has 0 radical (unpaired) electrons. The molecule has 2 aromatic rings. The van der Waals surface area contributed by atoms with Gasteiger partial charge in [0, 0.05) is 5.56 Å². The average molecular weight is 352 g/mol. The summed E-state index contributed by atoms with van der Waals surface area (Å²) in [5.74, 6) is 0.475. The van der Waals surface area contributed by atoms with Crippen molar-refractivity contribution in [2.45, 2.75) is 38.6 Å². The van der Waals surface area contributed by atoms with Crippen LogP contribution in [-0.4, -0.2) is 19.2 Å². The van der Waals surface area contributed by atoms with Gasteiger partial charge in [0.2, 0.25) is 0 Å². The van der Waals surface area contributed by atoms with Crippen molar-refractivity contribution >= 4 is 5.97 Å². The number of esters is 1. The lowest BCUT2D eigenvalue weighted by Crippen LogP contribution is -2.21. The van der Waals surface area contributed by atoms with Crippen LogP contribution in [0, 0.1) is 0 Å². The van der Waals surface area contributed by atoms with Crippen molar-refractivity contribution in [1.29, 1.82) is 0 Å². The van der Waals surface area contributed by atoms with Crippen LogP contribution in [0.4, 0.5) is 0 Å². The van der Waals surface area contributed by atoms with Crippen molar-refractivity contribution in [3.05, 3.63) is 77.4 Å². The Bertz CT molecular complexity index is 779. The third-order valence-corrected chi connectivity index (χ3v) is 4.48. The fourth-order valence-electron chi connectivity index (χ4n) is 3.21. The van der Waals surface area contributed by atoms with Crippen LogP contribution in [-0.2, 0) is 16.1 Å². The normalized spacial score (nSPS) is 19.8. The molecular formula is C22H24O4. The van der Waals surface area contributed by atoms with Gasteiger partial charge in [-0.1, -0.05) is 42.5 Å². The molecule has 0 aromatic heterocycles. The Morgan fingerprint density at radius 3 is 2.58 bits per heavy atom. The number of benzene rings is 2. The fraction of sp³-hybridized carbons (Fsp3) is 0.318. The minimum Gasteiger partial charge on any atom is -0.489 e. The van der Waals surface area contributed by atoms with Gasteiger partial charge in [-0.05, 0) is 43.5 Å². The zero-order valence-corrected chi connectivity index (χ0v) is 15.2. The Balaban J connectivity index is 1.70. The maximum Gasteiger partial charge on any atom is 0.337 e. The molecule has 4 nitrogen and oxygen atoms in total. The first-order chi connectivity index (χ1) is 12.6. The molecule has 0 N–H and O–H groups in total. The van der Waals surface area contributed by atoms with E-state index in [2.05, 4.69) is 13.5 Å². The fourth-order valence-corrected chi connectivity index (χ4v) is 3.21. The van der Waals surface area contributed by atoms with Crippen LogP contribution in [0.15, 0.2) is 60.7 Å². The molecular weight excluding hydrogens is 328 g/mol. The van der Waals surface area contributed by atoms with E-state index < -0.39 is 0 Å². The summed E-state index contributed by atoms with van der Waals surface area (Å²) in [7, 11) is 1.37. The molecule has 0 bridgehead atoms. The van der Waals surface area contributed by atoms with Gasteiger partial charge in [-0.25, -0.2) is 4.79 Å². The predicted octanol–water partition coefficient (Wildman–Crippen LogP) is 4.85. The summed E-state index contributed by atoms with van der Waals surface area (Å²) < 4.78 is 16.9. The molecule has 0 saturated carbocycles. The predicted molar refractivity (Wildman–Crippen MR) is 100 cm³/mol. The smallest absolute Gasteiger partial charge is 0.337 e. The van der Waals surface area contributed by atoms with Crippen molar-refractivity contribution in [3.63, 3.8) is 0 Å². The average Bonchev–Trinajstić information content (AvgIpc) is 2.65. The molecule has 1 aliphatic heterocycles. The van der Waals surface area contributed by atoms with Crippen LogP contribution in [0.5, 0.6) is 5.75 Å². The van der Waals surface area contributed by atoms with Crippen LogP contribution in [0.2, 0.25) is 0 Å². The van der Waals surface area contributed by atoms with E-state index >= 15 is 0 Å². The number of methoxy groups -OCH3 is 1. The van der Waals surface area contributed by atoms with Crippen molar-refractivity contribution < 1.29 is 19.0 Å². The van der Waals surface area contributed by atoms with E-state index in [-0.39, 0.29) is 18.2 Å². The maximum atomic E-state index is 11.5. The van der Waals surface area contributed by atoms with E-state index in [1.54, 1.807) is 12.1 Å². The molecule has 1 fully saturated rings. The molecule has 136 valence electrons. The molecule has 2 atom stereocenters. The molecule has 2 aromatic carbocycles. The lowest BCUT2D eigenvalue weighted by molar-refractivity contribution is -0.0237. The zero-order valence-electron chi connectivity index (χ0n) is 15.2. The van der Waals surface area contributed by atoms with Crippen molar-refractivity contribution in [3.8, 4) is 5.75 Å². The molecule has 3 rings (SSSR count). The van der Waals surface area contributed by atoms with Crippen molar-refractivity contribution in [1.82, 2.24) is 0 Å². The monoisotopic (exact) mass is 352 g/mol. The van der Waals surface area contributed by atoms with Crippen LogP contribution in [0.25, 0.3) is 0 Å². The van der Waals surface area contributed by atoms with Crippen LogP contribution >= 0.6 is 0 Å². The number of carbonyl (C=O) groups excluding carboxylic acids is 1. The minimum absolute atomic E-state index is 0.0239. The highest BCUT2D eigenvalue weighted by Crippen LogP contribution is 2.37. The second-order valence-electron chi connectivity index (χ2n) is 6.61. The van der Waals surface area contributed by atoms with E-state index in [1.165, 1.54) is 12.7 Å². The number of ether oxygens (including phenoxy) is 3. The summed E-state index contributed by atoms with van der Waals surface area (Å²) >= 11 is 0. The standard InChI is InChI=1S/C22H24O4/c1-15-12-16(2)26-21(13-15)19-6-4-5-7-20(19)25-14-17-8-10-18(11-9-17)22(23)24-3/h4-11,16,21H,1,12-14H2,2-3H3/t16-,21-/m0/s1. The van der Waals surface area contributed by atoms with Gasteiger partial charge in [0.05, 0.1) is 24.9 Å². The van der Waals surface area contributed by atoms with E-state index in [4.69, 9.17) is 14.2 Å². The first kappa shape index (κ1) is 18.2. The Morgan fingerprint density at radius 2 is 1.88 bits per heavy atom. The van der Waals surface area contributed by atoms with E-state index in [0.29, 0.717) is 12.2 Å². The molecule has 1 saturated heterocycles. The second-order valence-corrected chi connectivity index (χ2v) is 6.61. The third-order valence-electron chi connectivity index (χ3n) is 4.48. The topological polar surface area (TPSA) is 44.8 Å². The van der Waals surface area contributed by atoms with E-state index in [9.17, 15) is 4.79 Å². The Kier molecular flexibility index (Phi) is 5.74. The Labute approximate surface area is 154 Å². The lowest BCUT2D eigenvalue weighted by Gasteiger charge is -2.30. The number of carbonyl (C=O) groups is 1. The van der Waals surface area contributed by atoms with Gasteiger partial charge in [0.1, 0.15) is 12.4 Å². The number of para-hydroxylation sites is 1. The van der Waals surface area contributed by atoms with Crippen molar-refractivity contribution in [2.75, 3.05) is 7.11 Å². The molecule has 0 aliphatic carbocycles. The van der Waals surface area contributed by atoms with Crippen LogP contribution in [0.3, 0.4) is 0 Å². The van der Waals surface area contributed by atoms with Gasteiger partial charge in [-0.3, -0.25) is 0 Å². The highest BCUT2D eigenvalue weighted by atomic mass is 16.5. The molecule has 0 spiro atoms. The van der Waals surface area contributed by atoms with Gasteiger partial charge in [-0.15, -0.1) is 0 Å². The van der Waals surface area contributed by atoms with E-state index in [0.717, 1.165) is 29.7 Å². The van der Waals surface area contributed by atoms with Gasteiger partial charge < -0.3 is 14.2 Å². The third kappa shape index (κ3) is 4.33. The highest BCUT2D eigenvalue weighted by Gasteiger charge is 2.25. The molecule has 4 heteroatoms. The van der Waals surface area contributed by atoms with E-state index in [1.807, 2.05) is 36.4 Å². The lowest BCUT2D eigenvalue weighted by atomic mass is 9.95. The summed E-state index contributed by atoms with van der Waals surface area (Å²) in [6, 6.07) is 15.2. The Hall–Kier alpha value is -2.59. The van der Waals surface area contributed by atoms with Crippen LogP contribution in [0.1, 0.15) is 47.4 Å². The number of hydrogen-bond donors (Lipinski definition) is 0. The molecule has 26 heavy (non-hydrogen) atoms. The number of hydrogen-bond acceptors (Lipinski definition) is 4. The van der Waals surface area contributed by atoms with Gasteiger partial charge in [0.15, 0.2) is 0 Å². The summed E-state index contributed by atoms with van der Waals surface area (Å²) in [4.78, 5) is 11.5. The van der Waals surface area contributed by atoms with Gasteiger partial charge >= 0.3 is 5.97 Å². The summed E-state index contributed by atoms with van der Waals surface area (Å²) in [6.45, 7) is 6.63. The summed E-state index contributed by atoms with van der Waals surface area (Å²) in [5.41, 5.74) is 3.77. The number of rotatable bonds is 5. The summed E-state index contributed by atoms with van der Waals surface area (Å²) in [6.07, 6.45) is 1.87. The highest BCUT2D eigenvalue weighted by molar-refractivity contribution is 5.89. The quantitative estimate of drug-likeness (QED) is 0.570. The minimum atomic E-state index is -0.341. The second kappa shape index (κ2) is 8.19. The zero-order chi connectivity index (χ0) is 18.5. The molecule has 1 heterocycles. The van der Waals surface area contributed by atoms with Gasteiger partial charge in [-0.2, -0.15) is 0 Å². The molecule has 0 unspecified atom stereocenters. The summed E-state index contributed by atoms with van der Waals surface area (Å²) in [5, 5.41) is 0. The maximum absolute atomic E-state index is 11.5.